The fourth-order valence-corrected chi connectivity index (χ4v) is 5.42. The molecule has 1 fully saturated rings. The van der Waals surface area contributed by atoms with Crippen molar-refractivity contribution in [3.8, 4) is 0 Å². The van der Waals surface area contributed by atoms with Crippen molar-refractivity contribution in [2.45, 2.75) is 137 Å². The van der Waals surface area contributed by atoms with Crippen LogP contribution >= 0.6 is 0 Å². The number of aliphatic carboxylic acids is 1. The Morgan fingerprint density at radius 3 is 2.51 bits per heavy atom. The van der Waals surface area contributed by atoms with Crippen molar-refractivity contribution in [3.63, 3.8) is 0 Å². The lowest BCUT2D eigenvalue weighted by Gasteiger charge is -2.50. The quantitative estimate of drug-likeness (QED) is 0.187. The summed E-state index contributed by atoms with van der Waals surface area (Å²) < 4.78 is 7.07. The SMILES string of the molecule is CCCCC12OC(C)(CCC/C(C)=C/CC/C(C)=C/CCC(C)C(=O)[O-])CCC1=C=CC(C)=C2C. The smallest absolute Gasteiger partial charge is 0.118 e. The average molecular weight is 482 g/mol. The van der Waals surface area contributed by atoms with Crippen molar-refractivity contribution in [2.75, 3.05) is 0 Å². The molecule has 196 valence electrons. The molecule has 35 heavy (non-hydrogen) atoms. The number of unbranched alkanes of at least 4 members (excludes halogenated alkanes) is 1. The van der Waals surface area contributed by atoms with Crippen LogP contribution in [0.15, 0.2) is 51.8 Å². The second-order valence-corrected chi connectivity index (χ2v) is 11.3. The third kappa shape index (κ3) is 8.36. The molecular formula is C32H49O3-. The Morgan fingerprint density at radius 1 is 1.14 bits per heavy atom. The largest absolute Gasteiger partial charge is 0.550 e. The Labute approximate surface area is 215 Å². The molecule has 2 rings (SSSR count). The summed E-state index contributed by atoms with van der Waals surface area (Å²) in [6, 6.07) is 0. The van der Waals surface area contributed by atoms with Crippen LogP contribution in [0.4, 0.5) is 0 Å². The minimum atomic E-state index is -0.951. The molecule has 3 nitrogen and oxygen atoms in total. The number of allylic oxidation sites excluding steroid dienone is 5. The first-order chi connectivity index (χ1) is 16.5. The molecule has 2 aliphatic rings. The van der Waals surface area contributed by atoms with E-state index in [1.807, 2.05) is 0 Å². The predicted molar refractivity (Wildman–Crippen MR) is 145 cm³/mol. The monoisotopic (exact) mass is 481 g/mol. The van der Waals surface area contributed by atoms with Gasteiger partial charge in [0.25, 0.3) is 0 Å². The van der Waals surface area contributed by atoms with E-state index in [1.165, 1.54) is 40.7 Å². The van der Waals surface area contributed by atoms with Crippen molar-refractivity contribution < 1.29 is 14.6 Å². The van der Waals surface area contributed by atoms with Crippen molar-refractivity contribution in [1.82, 2.24) is 0 Å². The zero-order valence-corrected chi connectivity index (χ0v) is 23.5. The highest BCUT2D eigenvalue weighted by Gasteiger charge is 2.48. The Hall–Kier alpha value is -1.83. The van der Waals surface area contributed by atoms with E-state index in [-0.39, 0.29) is 17.1 Å². The predicted octanol–water partition coefficient (Wildman–Crippen LogP) is 7.93. The molecule has 0 N–H and O–H groups in total. The van der Waals surface area contributed by atoms with E-state index < -0.39 is 5.97 Å². The van der Waals surface area contributed by atoms with E-state index in [4.69, 9.17) is 4.74 Å². The van der Waals surface area contributed by atoms with E-state index in [2.05, 4.69) is 65.5 Å². The molecule has 0 spiro atoms. The van der Waals surface area contributed by atoms with Gasteiger partial charge in [-0.25, -0.2) is 0 Å². The van der Waals surface area contributed by atoms with Crippen LogP contribution in [-0.2, 0) is 9.53 Å². The number of hydrogen-bond donors (Lipinski definition) is 0. The highest BCUT2D eigenvalue weighted by molar-refractivity contribution is 5.66. The molecule has 3 heteroatoms. The summed E-state index contributed by atoms with van der Waals surface area (Å²) in [4.78, 5) is 10.8. The van der Waals surface area contributed by atoms with Gasteiger partial charge in [0.2, 0.25) is 0 Å². The lowest BCUT2D eigenvalue weighted by molar-refractivity contribution is -0.311. The summed E-state index contributed by atoms with van der Waals surface area (Å²) in [5.74, 6) is -1.33. The first kappa shape index (κ1) is 29.4. The highest BCUT2D eigenvalue weighted by Crippen LogP contribution is 2.49. The van der Waals surface area contributed by atoms with E-state index in [0.29, 0.717) is 6.42 Å². The van der Waals surface area contributed by atoms with Gasteiger partial charge in [0, 0.05) is 11.5 Å². The Bertz CT molecular complexity index is 896. The molecule has 0 aromatic carbocycles. The van der Waals surface area contributed by atoms with Crippen LogP contribution in [0.2, 0.25) is 0 Å². The van der Waals surface area contributed by atoms with Gasteiger partial charge in [0.15, 0.2) is 0 Å². The summed E-state index contributed by atoms with van der Waals surface area (Å²) in [5.41, 5.74) is 10.1. The van der Waals surface area contributed by atoms with Crippen LogP contribution in [-0.4, -0.2) is 17.2 Å². The lowest BCUT2D eigenvalue weighted by atomic mass is 9.71. The molecule has 0 amide bonds. The van der Waals surface area contributed by atoms with Gasteiger partial charge in [0.05, 0.1) is 5.60 Å². The molecule has 0 aromatic heterocycles. The lowest BCUT2D eigenvalue weighted by Crippen LogP contribution is -2.50. The first-order valence-corrected chi connectivity index (χ1v) is 13.9. The second-order valence-electron chi connectivity index (χ2n) is 11.3. The Morgan fingerprint density at radius 2 is 1.83 bits per heavy atom. The van der Waals surface area contributed by atoms with E-state index >= 15 is 0 Å². The van der Waals surface area contributed by atoms with Crippen LogP contribution in [0.25, 0.3) is 0 Å². The number of carbonyl (C=O) groups is 1. The maximum Gasteiger partial charge on any atom is 0.118 e. The van der Waals surface area contributed by atoms with E-state index in [9.17, 15) is 9.90 Å². The number of carboxylic acids is 1. The maximum absolute atomic E-state index is 10.8. The third-order valence-corrected chi connectivity index (χ3v) is 8.16. The molecule has 1 aliphatic heterocycles. The maximum atomic E-state index is 10.8. The minimum absolute atomic E-state index is 0.0833. The van der Waals surface area contributed by atoms with Gasteiger partial charge in [0.1, 0.15) is 5.60 Å². The number of fused-ring (bicyclic) bond motifs is 1. The van der Waals surface area contributed by atoms with Crippen molar-refractivity contribution in [2.24, 2.45) is 5.92 Å². The van der Waals surface area contributed by atoms with Crippen molar-refractivity contribution in [1.29, 1.82) is 0 Å². The average Bonchev–Trinajstić information content (AvgIpc) is 2.80. The highest BCUT2D eigenvalue weighted by atomic mass is 16.5. The molecule has 1 heterocycles. The summed E-state index contributed by atoms with van der Waals surface area (Å²) in [6.45, 7) is 15.2. The summed E-state index contributed by atoms with van der Waals surface area (Å²) in [5, 5.41) is 10.8. The summed E-state index contributed by atoms with van der Waals surface area (Å²) >= 11 is 0. The van der Waals surface area contributed by atoms with Crippen molar-refractivity contribution in [3.05, 3.63) is 51.8 Å². The third-order valence-electron chi connectivity index (χ3n) is 8.16. The topological polar surface area (TPSA) is 49.4 Å². The molecule has 3 unspecified atom stereocenters. The number of rotatable bonds is 14. The van der Waals surface area contributed by atoms with Gasteiger partial charge in [-0.2, -0.15) is 0 Å². The summed E-state index contributed by atoms with van der Waals surface area (Å²) in [6.07, 6.45) is 19.2. The second kappa shape index (κ2) is 13.5. The normalized spacial score (nSPS) is 26.0. The molecule has 0 aromatic rings. The van der Waals surface area contributed by atoms with Crippen LogP contribution < -0.4 is 5.11 Å². The van der Waals surface area contributed by atoms with Crippen LogP contribution in [0.1, 0.15) is 126 Å². The Balaban J connectivity index is 1.86. The standard InChI is InChI=1S/C32H50O3/c1-8-9-22-32-28(6)26(4)18-19-29(32)20-23-31(7,35-32)21-12-16-25(3)14-10-13-24(2)15-11-17-27(5)30(33)34/h14-15,18,27H,8-13,16-17,20-23H2,1-7H3,(H,33,34)/p-1/b24-15+,25-14+. The van der Waals surface area contributed by atoms with E-state index in [1.54, 1.807) is 6.92 Å². The van der Waals surface area contributed by atoms with Crippen LogP contribution in [0.3, 0.4) is 0 Å². The number of carboxylic acid groups (broad SMARTS) is 1. The first-order valence-electron chi connectivity index (χ1n) is 13.9. The zero-order valence-electron chi connectivity index (χ0n) is 23.5. The van der Waals surface area contributed by atoms with Gasteiger partial charge in [-0.1, -0.05) is 50.0 Å². The zero-order chi connectivity index (χ0) is 26.1. The molecule has 1 aliphatic carbocycles. The van der Waals surface area contributed by atoms with Gasteiger partial charge < -0.3 is 14.6 Å². The van der Waals surface area contributed by atoms with Gasteiger partial charge in [-0.3, -0.25) is 0 Å². The number of hydrogen-bond acceptors (Lipinski definition) is 3. The summed E-state index contributed by atoms with van der Waals surface area (Å²) in [7, 11) is 0. The van der Waals surface area contributed by atoms with Crippen LogP contribution in [0, 0.1) is 5.92 Å². The minimum Gasteiger partial charge on any atom is -0.550 e. The molecule has 3 atom stereocenters. The van der Waals surface area contributed by atoms with Gasteiger partial charge in [-0.15, -0.1) is 5.73 Å². The fourth-order valence-electron chi connectivity index (χ4n) is 5.42. The molecule has 1 saturated heterocycles. The van der Waals surface area contributed by atoms with Gasteiger partial charge in [-0.05, 0) is 122 Å². The molecule has 0 saturated carbocycles. The van der Waals surface area contributed by atoms with Crippen LogP contribution in [0.5, 0.6) is 0 Å². The molecule has 0 radical (unpaired) electrons. The molecule has 0 bridgehead atoms. The Kier molecular flexibility index (Phi) is 11.3. The van der Waals surface area contributed by atoms with Gasteiger partial charge >= 0.3 is 0 Å². The number of carbonyl (C=O) groups excluding carboxylic acids is 1. The van der Waals surface area contributed by atoms with Crippen molar-refractivity contribution >= 4 is 5.97 Å². The van der Waals surface area contributed by atoms with E-state index in [0.717, 1.165) is 57.8 Å². The number of ether oxygens (including phenoxy) is 1. The fraction of sp³-hybridized carbons (Fsp3) is 0.688. The molecular weight excluding hydrogens is 432 g/mol.